The molecule has 87 heavy (non-hydrogen) atoms. The van der Waals surface area contributed by atoms with Gasteiger partial charge in [-0.15, -0.1) is 0 Å². The Balaban J connectivity index is 0.821. The molecule has 0 bridgehead atoms. The fourth-order valence-corrected chi connectivity index (χ4v) is 12.4. The number of carbonyl (C=O) groups is 6. The van der Waals surface area contributed by atoms with Crippen LogP contribution in [0.5, 0.6) is 0 Å². The van der Waals surface area contributed by atoms with Gasteiger partial charge in [0.2, 0.25) is 35.4 Å². The molecule has 3 aliphatic heterocycles. The highest BCUT2D eigenvalue weighted by Crippen LogP contribution is 2.36. The van der Waals surface area contributed by atoms with Gasteiger partial charge in [-0.1, -0.05) is 90.0 Å². The van der Waals surface area contributed by atoms with Gasteiger partial charge in [-0.3, -0.25) is 72.8 Å². The summed E-state index contributed by atoms with van der Waals surface area (Å²) in [6.45, 7) is 7.90. The fourth-order valence-electron chi connectivity index (χ4n) is 12.2. The Morgan fingerprint density at radius 3 is 1.59 bits per heavy atom. The lowest BCUT2D eigenvalue weighted by molar-refractivity contribution is -0.137. The van der Waals surface area contributed by atoms with Crippen molar-refractivity contribution in [3.05, 3.63) is 196 Å². The van der Waals surface area contributed by atoms with Crippen LogP contribution in [0.1, 0.15) is 108 Å². The molecular weight excluding hydrogens is 1130 g/mol. The minimum Gasteiger partial charge on any atom is -0.380 e. The first-order chi connectivity index (χ1) is 41.9. The molecule has 440 valence electrons. The highest BCUT2D eigenvalue weighted by Gasteiger charge is 2.34. The van der Waals surface area contributed by atoms with E-state index in [4.69, 9.17) is 21.6 Å². The second kappa shape index (κ2) is 23.4. The van der Waals surface area contributed by atoms with Crippen LogP contribution in [-0.2, 0) is 54.8 Å². The molecule has 22 heteroatoms. The lowest BCUT2D eigenvalue weighted by Gasteiger charge is -2.25. The second-order valence-electron chi connectivity index (χ2n) is 22.4. The standard InChI is InChI=1S/C65H59ClN12O9/c1-33-7-5-8-39(25-33)31-68-48-27-40(28-49-57(48)64(86)77(35(3)71-49)51-20-23-54(80)74-61(51)83)26-37-11-13-38(14-12-37)30-67-46-18-17-43(59-58(46)65(87)78(36(4)72-59)52-21-24-55(81)75-62(52)84)41-15-16-42(44(66)29-41)32-69-45-9-6-10-47-56(45)63(85)76(34(2)70-47)50-19-22-53(79)73-60(50)82/h5-18,25,27-29,50-52,67-69H,19-24,26,30-32H2,1-4H3,(H,73,79,82)(H,74,80,83)(H,75,81,84). The molecule has 6 aromatic carbocycles. The molecule has 3 unspecified atom stereocenters. The maximum absolute atomic E-state index is 15.0. The molecule has 6 heterocycles. The number of rotatable bonds is 15. The highest BCUT2D eigenvalue weighted by atomic mass is 35.5. The zero-order valence-corrected chi connectivity index (χ0v) is 48.7. The van der Waals surface area contributed by atoms with Crippen LogP contribution in [0.25, 0.3) is 43.8 Å². The Kier molecular flexibility index (Phi) is 15.4. The molecule has 3 atom stereocenters. The fraction of sp³-hybridized carbons (Fsp3) is 0.262. The Hall–Kier alpha value is -10.2. The SMILES string of the molecule is Cc1cccc(CNc2cc(Cc3ccc(CNc4ccc(-c5ccc(CNc6cccc7nc(C)n(C8CCC(=O)NC8=O)c(=O)c67)c(Cl)c5)c5nc(C)n(C6CCC(=O)NC6=O)c(=O)c45)cc3)cc3nc(C)n(C4CCC(=O)NC4=O)c(=O)c23)c1. The van der Waals surface area contributed by atoms with E-state index in [1.807, 2.05) is 79.7 Å². The van der Waals surface area contributed by atoms with Crippen LogP contribution < -0.4 is 48.6 Å². The molecule has 3 aliphatic rings. The number of nitrogens with zero attached hydrogens (tertiary/aromatic N) is 6. The largest absolute Gasteiger partial charge is 0.380 e. The number of hydrogen-bond donors (Lipinski definition) is 6. The van der Waals surface area contributed by atoms with E-state index >= 15 is 0 Å². The van der Waals surface area contributed by atoms with Gasteiger partial charge in [-0.25, -0.2) is 15.0 Å². The van der Waals surface area contributed by atoms with Crippen molar-refractivity contribution in [1.29, 1.82) is 0 Å². The minimum atomic E-state index is -0.974. The average Bonchev–Trinajstić information content (AvgIpc) is 0.928. The number of imide groups is 3. The van der Waals surface area contributed by atoms with E-state index in [9.17, 15) is 43.2 Å². The molecule has 12 rings (SSSR count). The monoisotopic (exact) mass is 1190 g/mol. The van der Waals surface area contributed by atoms with E-state index in [0.29, 0.717) is 85.3 Å². The number of carbonyl (C=O) groups excluding carboxylic acids is 6. The van der Waals surface area contributed by atoms with Crippen molar-refractivity contribution >= 4 is 96.8 Å². The number of amides is 6. The van der Waals surface area contributed by atoms with Gasteiger partial charge in [0.05, 0.1) is 32.7 Å². The topological polar surface area (TPSA) is 279 Å². The zero-order valence-electron chi connectivity index (χ0n) is 47.9. The summed E-state index contributed by atoms with van der Waals surface area (Å²) in [5, 5.41) is 18.6. The van der Waals surface area contributed by atoms with Crippen LogP contribution in [0.2, 0.25) is 5.02 Å². The molecule has 6 amide bonds. The third-order valence-electron chi connectivity index (χ3n) is 16.5. The predicted molar refractivity (Wildman–Crippen MR) is 329 cm³/mol. The molecule has 21 nitrogen and oxygen atoms in total. The number of anilines is 3. The normalized spacial score (nSPS) is 17.1. The minimum absolute atomic E-state index is 0.0513. The first kappa shape index (κ1) is 57.3. The van der Waals surface area contributed by atoms with Crippen molar-refractivity contribution in [3.63, 3.8) is 0 Å². The van der Waals surface area contributed by atoms with Gasteiger partial charge >= 0.3 is 0 Å². The van der Waals surface area contributed by atoms with E-state index in [-0.39, 0.29) is 79.7 Å². The summed E-state index contributed by atoms with van der Waals surface area (Å²) in [7, 11) is 0. The maximum Gasteiger partial charge on any atom is 0.264 e. The highest BCUT2D eigenvalue weighted by molar-refractivity contribution is 6.31. The van der Waals surface area contributed by atoms with Crippen LogP contribution >= 0.6 is 11.6 Å². The van der Waals surface area contributed by atoms with Gasteiger partial charge in [0, 0.05) is 66.5 Å². The number of halogens is 1. The quantitative estimate of drug-likeness (QED) is 0.0536. The molecule has 3 fully saturated rings. The average molecular weight is 1190 g/mol. The number of benzene rings is 6. The van der Waals surface area contributed by atoms with Crippen LogP contribution in [-0.4, -0.2) is 64.1 Å². The Morgan fingerprint density at radius 1 is 0.471 bits per heavy atom. The van der Waals surface area contributed by atoms with Gasteiger partial charge in [0.15, 0.2) is 0 Å². The summed E-state index contributed by atoms with van der Waals surface area (Å²) in [4.78, 5) is 134. The van der Waals surface area contributed by atoms with Gasteiger partial charge in [0.25, 0.3) is 16.7 Å². The van der Waals surface area contributed by atoms with Gasteiger partial charge in [0.1, 0.15) is 35.6 Å². The lowest BCUT2D eigenvalue weighted by atomic mass is 9.99. The predicted octanol–water partition coefficient (Wildman–Crippen LogP) is 7.73. The second-order valence-corrected chi connectivity index (χ2v) is 22.8. The summed E-state index contributed by atoms with van der Waals surface area (Å²) >= 11 is 7.06. The maximum atomic E-state index is 15.0. The van der Waals surface area contributed by atoms with Gasteiger partial charge < -0.3 is 16.0 Å². The van der Waals surface area contributed by atoms with E-state index in [1.54, 1.807) is 51.1 Å². The molecule has 3 saturated heterocycles. The third-order valence-corrected chi connectivity index (χ3v) is 16.8. The summed E-state index contributed by atoms with van der Waals surface area (Å²) in [6, 6.07) is 31.5. The van der Waals surface area contributed by atoms with Gasteiger partial charge in [-0.05, 0) is 123 Å². The van der Waals surface area contributed by atoms with Gasteiger partial charge in [-0.2, -0.15) is 0 Å². The smallest absolute Gasteiger partial charge is 0.264 e. The third kappa shape index (κ3) is 11.2. The number of nitrogens with one attached hydrogen (secondary N) is 6. The molecule has 0 saturated carbocycles. The summed E-state index contributed by atoms with van der Waals surface area (Å²) in [5.41, 5.74) is 8.23. The molecule has 9 aromatic rings. The molecule has 0 spiro atoms. The molecule has 6 N–H and O–H groups in total. The van der Waals surface area contributed by atoms with E-state index in [0.717, 1.165) is 27.8 Å². The van der Waals surface area contributed by atoms with Crippen molar-refractivity contribution in [2.24, 2.45) is 0 Å². The summed E-state index contributed by atoms with van der Waals surface area (Å²) in [5.74, 6) is -1.91. The van der Waals surface area contributed by atoms with Crippen molar-refractivity contribution in [2.75, 3.05) is 16.0 Å². The number of aromatic nitrogens is 6. The summed E-state index contributed by atoms with van der Waals surface area (Å²) in [6.07, 6.45) is 1.21. The van der Waals surface area contributed by atoms with Crippen molar-refractivity contribution in [3.8, 4) is 11.1 Å². The van der Waals surface area contributed by atoms with Crippen LogP contribution in [0.3, 0.4) is 0 Å². The number of aryl methyl sites for hydroxylation is 4. The number of fused-ring (bicyclic) bond motifs is 3. The first-order valence-electron chi connectivity index (χ1n) is 28.7. The first-order valence-corrected chi connectivity index (χ1v) is 29.0. The molecular formula is C65H59ClN12O9. The van der Waals surface area contributed by atoms with E-state index in [1.165, 1.54) is 13.7 Å². The summed E-state index contributed by atoms with van der Waals surface area (Å²) < 4.78 is 4.07. The van der Waals surface area contributed by atoms with Crippen LogP contribution in [0, 0.1) is 27.7 Å². The zero-order chi connectivity index (χ0) is 60.9. The van der Waals surface area contributed by atoms with Crippen molar-refractivity contribution in [2.45, 2.75) is 110 Å². The Morgan fingerprint density at radius 2 is 0.989 bits per heavy atom. The van der Waals surface area contributed by atoms with Crippen LogP contribution in [0.15, 0.2) is 124 Å². The van der Waals surface area contributed by atoms with E-state index in [2.05, 4.69) is 43.0 Å². The van der Waals surface area contributed by atoms with Crippen molar-refractivity contribution in [1.82, 2.24) is 44.6 Å². The van der Waals surface area contributed by atoms with Crippen molar-refractivity contribution < 1.29 is 28.8 Å². The molecule has 0 aliphatic carbocycles. The number of hydrogen-bond acceptors (Lipinski definition) is 15. The Labute approximate surface area is 501 Å². The number of piperidine rings is 3. The van der Waals surface area contributed by atoms with Crippen LogP contribution in [0.4, 0.5) is 17.1 Å². The Bertz CT molecular complexity index is 4610. The molecule has 3 aromatic heterocycles. The van der Waals surface area contributed by atoms with E-state index < -0.39 is 58.8 Å². The lowest BCUT2D eigenvalue weighted by Crippen LogP contribution is -2.45. The molecule has 0 radical (unpaired) electrons.